The first kappa shape index (κ1) is 21.3. The number of halogens is 2. The number of carbonyl (C=O) groups is 3. The van der Waals surface area contributed by atoms with Crippen molar-refractivity contribution in [3.8, 4) is 5.06 Å². The van der Waals surface area contributed by atoms with Crippen LogP contribution in [0.15, 0.2) is 30.3 Å². The molecule has 9 nitrogen and oxygen atoms in total. The second-order valence-corrected chi connectivity index (χ2v) is 8.36. The normalized spacial score (nSPS) is 18.8. The maximum atomic E-state index is 14.7. The van der Waals surface area contributed by atoms with Crippen LogP contribution in [0.5, 0.6) is 5.06 Å². The number of ether oxygens (including phenoxy) is 3. The lowest BCUT2D eigenvalue weighted by molar-refractivity contribution is -0.125. The van der Waals surface area contributed by atoms with Crippen LogP contribution in [0.2, 0.25) is 4.34 Å². The molecule has 3 amide bonds. The number of anilines is 2. The van der Waals surface area contributed by atoms with Crippen molar-refractivity contribution in [3.63, 3.8) is 0 Å². The minimum absolute atomic E-state index is 0.0117. The highest BCUT2D eigenvalue weighted by atomic mass is 35.5. The number of hydrogen-bond donors (Lipinski definition) is 1. The van der Waals surface area contributed by atoms with Gasteiger partial charge in [-0.05, 0) is 30.3 Å². The van der Waals surface area contributed by atoms with Crippen molar-refractivity contribution < 1.29 is 33.0 Å². The number of carbonyl (C=O) groups excluding carboxylic acids is 3. The first-order valence-corrected chi connectivity index (χ1v) is 10.5. The maximum Gasteiger partial charge on any atom is 0.414 e. The average molecular weight is 470 g/mol. The van der Waals surface area contributed by atoms with Gasteiger partial charge in [0.15, 0.2) is 5.06 Å². The van der Waals surface area contributed by atoms with Crippen LogP contribution in [0.25, 0.3) is 0 Å². The standard InChI is InChI=1S/C19H17ClFN3O6S/c20-15-3-4-17(31-15)30-18(26)22-8-12-9-24(19(27)29-12)14-2-1-11(7-13(14)21)23-5-6-28-10-16(23)25/h1-4,7,12H,5-6,8-10H2,(H,22,26)/t12-/m0/s1. The van der Waals surface area contributed by atoms with E-state index < -0.39 is 24.1 Å². The first-order chi connectivity index (χ1) is 14.9. The van der Waals surface area contributed by atoms with E-state index in [4.69, 9.17) is 25.8 Å². The number of benzene rings is 1. The highest BCUT2D eigenvalue weighted by Gasteiger charge is 2.34. The van der Waals surface area contributed by atoms with Gasteiger partial charge in [-0.1, -0.05) is 22.9 Å². The lowest BCUT2D eigenvalue weighted by Crippen LogP contribution is -2.41. The molecule has 0 aliphatic carbocycles. The summed E-state index contributed by atoms with van der Waals surface area (Å²) >= 11 is 6.88. The molecule has 0 unspecified atom stereocenters. The van der Waals surface area contributed by atoms with E-state index in [2.05, 4.69) is 5.32 Å². The molecule has 2 fully saturated rings. The van der Waals surface area contributed by atoms with Gasteiger partial charge in [0.2, 0.25) is 0 Å². The highest BCUT2D eigenvalue weighted by Crippen LogP contribution is 2.30. The molecule has 164 valence electrons. The Morgan fingerprint density at radius 1 is 1.29 bits per heavy atom. The Morgan fingerprint density at radius 2 is 2.13 bits per heavy atom. The summed E-state index contributed by atoms with van der Waals surface area (Å²) in [6, 6.07) is 7.32. The number of thiophene rings is 1. The molecule has 0 bridgehead atoms. The van der Waals surface area contributed by atoms with Crippen molar-refractivity contribution in [2.45, 2.75) is 6.10 Å². The zero-order valence-electron chi connectivity index (χ0n) is 16.0. The van der Waals surface area contributed by atoms with Crippen LogP contribution >= 0.6 is 22.9 Å². The third-order valence-corrected chi connectivity index (χ3v) is 5.72. The number of rotatable bonds is 5. The van der Waals surface area contributed by atoms with Crippen LogP contribution in [0.4, 0.5) is 25.4 Å². The molecular formula is C19H17ClFN3O6S. The lowest BCUT2D eigenvalue weighted by Gasteiger charge is -2.27. The second kappa shape index (κ2) is 9.08. The van der Waals surface area contributed by atoms with Crippen molar-refractivity contribution in [2.75, 3.05) is 42.6 Å². The Kier molecular flexibility index (Phi) is 6.25. The molecule has 0 spiro atoms. The third-order valence-electron chi connectivity index (χ3n) is 4.61. The fraction of sp³-hybridized carbons (Fsp3) is 0.316. The summed E-state index contributed by atoms with van der Waals surface area (Å²) in [5.74, 6) is -0.932. The summed E-state index contributed by atoms with van der Waals surface area (Å²) < 4.78 is 30.5. The van der Waals surface area contributed by atoms with Crippen LogP contribution in [0.3, 0.4) is 0 Å². The average Bonchev–Trinajstić information content (AvgIpc) is 3.31. The minimum atomic E-state index is -0.737. The van der Waals surface area contributed by atoms with E-state index in [1.807, 2.05) is 0 Å². The Morgan fingerprint density at radius 3 is 2.84 bits per heavy atom. The summed E-state index contributed by atoms with van der Waals surface area (Å²) in [5, 5.41) is 2.82. The van der Waals surface area contributed by atoms with Crippen LogP contribution in [0.1, 0.15) is 0 Å². The number of amides is 3. The molecule has 0 radical (unpaired) electrons. The monoisotopic (exact) mass is 469 g/mol. The summed E-state index contributed by atoms with van der Waals surface area (Å²) in [6.07, 6.45) is -2.15. The zero-order chi connectivity index (χ0) is 22.0. The smallest absolute Gasteiger partial charge is 0.414 e. The van der Waals surface area contributed by atoms with E-state index in [-0.39, 0.29) is 31.3 Å². The molecule has 1 aromatic heterocycles. The van der Waals surface area contributed by atoms with Gasteiger partial charge in [-0.2, -0.15) is 0 Å². The molecule has 31 heavy (non-hydrogen) atoms. The topological polar surface area (TPSA) is 97.4 Å². The van der Waals surface area contributed by atoms with Crippen molar-refractivity contribution in [3.05, 3.63) is 40.5 Å². The third kappa shape index (κ3) is 4.89. The van der Waals surface area contributed by atoms with E-state index in [9.17, 15) is 18.8 Å². The number of nitrogens with one attached hydrogen (secondary N) is 1. The minimum Gasteiger partial charge on any atom is -0.442 e. The van der Waals surface area contributed by atoms with Gasteiger partial charge in [0.25, 0.3) is 5.91 Å². The summed E-state index contributed by atoms with van der Waals surface area (Å²) in [5.41, 5.74) is 0.407. The van der Waals surface area contributed by atoms with Gasteiger partial charge in [0.1, 0.15) is 18.5 Å². The molecule has 2 aliphatic rings. The van der Waals surface area contributed by atoms with E-state index in [1.54, 1.807) is 18.2 Å². The molecule has 1 N–H and O–H groups in total. The zero-order valence-corrected chi connectivity index (χ0v) is 17.6. The van der Waals surface area contributed by atoms with Crippen LogP contribution in [-0.2, 0) is 14.3 Å². The lowest BCUT2D eigenvalue weighted by atomic mass is 10.2. The Labute approximate surface area is 185 Å². The van der Waals surface area contributed by atoms with Gasteiger partial charge < -0.3 is 24.4 Å². The molecule has 0 saturated carbocycles. The van der Waals surface area contributed by atoms with Crippen molar-refractivity contribution in [1.29, 1.82) is 0 Å². The Bertz CT molecular complexity index is 1020. The molecule has 2 saturated heterocycles. The van der Waals surface area contributed by atoms with Gasteiger partial charge >= 0.3 is 12.2 Å². The molecule has 4 rings (SSSR count). The molecule has 1 atom stereocenters. The van der Waals surface area contributed by atoms with E-state index in [0.29, 0.717) is 28.2 Å². The van der Waals surface area contributed by atoms with Crippen LogP contribution in [0, 0.1) is 5.82 Å². The molecule has 2 aromatic rings. The van der Waals surface area contributed by atoms with Crippen molar-refractivity contribution >= 4 is 52.4 Å². The number of nitrogens with zero attached hydrogens (tertiary/aromatic N) is 2. The quantitative estimate of drug-likeness (QED) is 0.723. The molecule has 1 aromatic carbocycles. The van der Waals surface area contributed by atoms with Gasteiger partial charge in [0.05, 0.1) is 29.7 Å². The molecule has 3 heterocycles. The van der Waals surface area contributed by atoms with Gasteiger partial charge in [-0.3, -0.25) is 9.69 Å². The van der Waals surface area contributed by atoms with Crippen molar-refractivity contribution in [1.82, 2.24) is 5.32 Å². The molecular weight excluding hydrogens is 453 g/mol. The van der Waals surface area contributed by atoms with E-state index >= 15 is 0 Å². The van der Waals surface area contributed by atoms with E-state index in [1.165, 1.54) is 17.0 Å². The number of morpholine rings is 1. The predicted octanol–water partition coefficient (Wildman–Crippen LogP) is 3.02. The van der Waals surface area contributed by atoms with Crippen molar-refractivity contribution in [2.24, 2.45) is 0 Å². The van der Waals surface area contributed by atoms with Crippen LogP contribution < -0.4 is 19.9 Å². The SMILES string of the molecule is O=C(NC[C@H]1CN(c2ccc(N3CCOCC3=O)cc2F)C(=O)O1)Oc1ccc(Cl)s1. The van der Waals surface area contributed by atoms with E-state index in [0.717, 1.165) is 16.2 Å². The Hall–Kier alpha value is -2.89. The fourth-order valence-electron chi connectivity index (χ4n) is 3.18. The van der Waals surface area contributed by atoms with Gasteiger partial charge in [0, 0.05) is 12.2 Å². The maximum absolute atomic E-state index is 14.7. The summed E-state index contributed by atoms with van der Waals surface area (Å²) in [4.78, 5) is 38.6. The Balaban J connectivity index is 1.35. The predicted molar refractivity (Wildman–Crippen MR) is 111 cm³/mol. The molecule has 2 aliphatic heterocycles. The van der Waals surface area contributed by atoms with Gasteiger partial charge in [-0.25, -0.2) is 14.0 Å². The largest absolute Gasteiger partial charge is 0.442 e. The second-order valence-electron chi connectivity index (χ2n) is 6.68. The first-order valence-electron chi connectivity index (χ1n) is 9.27. The summed E-state index contributed by atoms with van der Waals surface area (Å²) in [6.45, 7) is 0.659. The highest BCUT2D eigenvalue weighted by molar-refractivity contribution is 7.17. The number of hydrogen-bond acceptors (Lipinski definition) is 7. The summed E-state index contributed by atoms with van der Waals surface area (Å²) in [7, 11) is 0. The number of cyclic esters (lactones) is 1. The fourth-order valence-corrected chi connectivity index (χ4v) is 4.05. The molecule has 12 heteroatoms. The van der Waals surface area contributed by atoms with Gasteiger partial charge in [-0.15, -0.1) is 0 Å². The van der Waals surface area contributed by atoms with Crippen LogP contribution in [-0.4, -0.2) is 57.0 Å².